The normalized spacial score (nSPS) is 18.9. The highest BCUT2D eigenvalue weighted by Gasteiger charge is 2.40. The molecule has 3 nitrogen and oxygen atoms in total. The lowest BCUT2D eigenvalue weighted by Gasteiger charge is -2.48. The average molecular weight is 363 g/mol. The number of aromatic hydroxyl groups is 1. The van der Waals surface area contributed by atoms with E-state index < -0.39 is 5.54 Å². The van der Waals surface area contributed by atoms with Gasteiger partial charge in [0, 0.05) is 12.2 Å². The van der Waals surface area contributed by atoms with E-state index in [1.807, 2.05) is 24.3 Å². The molecule has 0 spiro atoms. The molecule has 4 heteroatoms. The lowest BCUT2D eigenvalue weighted by Crippen LogP contribution is -2.49. The molecule has 0 saturated heterocycles. The highest BCUT2D eigenvalue weighted by molar-refractivity contribution is 5.60. The van der Waals surface area contributed by atoms with E-state index in [4.69, 9.17) is 4.74 Å². The zero-order valence-corrected chi connectivity index (χ0v) is 15.4. The molecule has 0 saturated carbocycles. The molecule has 1 N–H and O–H groups in total. The molecule has 0 bridgehead atoms. The summed E-state index contributed by atoms with van der Waals surface area (Å²) in [5, 5.41) is 9.74. The van der Waals surface area contributed by atoms with Crippen LogP contribution in [0.15, 0.2) is 66.7 Å². The third kappa shape index (κ3) is 2.91. The zero-order chi connectivity index (χ0) is 19.0. The molecule has 1 aliphatic heterocycles. The molecule has 1 aliphatic rings. The van der Waals surface area contributed by atoms with Crippen LogP contribution < -0.4 is 9.64 Å². The van der Waals surface area contributed by atoms with Crippen LogP contribution in [0, 0.1) is 5.82 Å². The summed E-state index contributed by atoms with van der Waals surface area (Å²) in [5.41, 5.74) is 3.76. The summed E-state index contributed by atoms with van der Waals surface area (Å²) in [4.78, 5) is 2.23. The van der Waals surface area contributed by atoms with Gasteiger partial charge in [-0.3, -0.25) is 0 Å². The van der Waals surface area contributed by atoms with Crippen LogP contribution >= 0.6 is 0 Å². The zero-order valence-electron chi connectivity index (χ0n) is 15.4. The first kappa shape index (κ1) is 17.4. The number of rotatable bonds is 3. The third-order valence-electron chi connectivity index (χ3n) is 5.53. The first-order valence-corrected chi connectivity index (χ1v) is 9.02. The van der Waals surface area contributed by atoms with E-state index in [0.29, 0.717) is 0 Å². The molecule has 0 radical (unpaired) electrons. The van der Waals surface area contributed by atoms with Crippen molar-refractivity contribution in [2.45, 2.75) is 18.9 Å². The van der Waals surface area contributed by atoms with Crippen LogP contribution in [-0.4, -0.2) is 18.8 Å². The molecular weight excluding hydrogens is 341 g/mol. The van der Waals surface area contributed by atoms with Gasteiger partial charge in [-0.2, -0.15) is 0 Å². The Hall–Kier alpha value is -3.01. The minimum Gasteiger partial charge on any atom is -0.508 e. The molecule has 0 amide bonds. The molecule has 1 unspecified atom stereocenters. The van der Waals surface area contributed by atoms with Crippen molar-refractivity contribution in [1.82, 2.24) is 0 Å². The van der Waals surface area contributed by atoms with Crippen LogP contribution in [0.1, 0.15) is 23.6 Å². The van der Waals surface area contributed by atoms with Crippen LogP contribution in [0.5, 0.6) is 11.5 Å². The minimum absolute atomic E-state index is 0.227. The van der Waals surface area contributed by atoms with Crippen molar-refractivity contribution in [3.8, 4) is 11.5 Å². The minimum atomic E-state index is -0.499. The van der Waals surface area contributed by atoms with Gasteiger partial charge in [-0.05, 0) is 72.5 Å². The first-order chi connectivity index (χ1) is 13.0. The molecule has 3 aromatic carbocycles. The van der Waals surface area contributed by atoms with Gasteiger partial charge in [0.25, 0.3) is 0 Å². The van der Waals surface area contributed by atoms with E-state index >= 15 is 0 Å². The van der Waals surface area contributed by atoms with Crippen LogP contribution in [-0.2, 0) is 12.0 Å². The number of phenolic OH excluding ortho intramolecular Hbond substituents is 1. The standard InChI is InChI=1S/C23H22FNO2/c1-23(17-6-8-20(26)9-7-17)22-11-10-21(27-2)14-16(22)12-13-25(23)19-5-3-4-18(24)15-19/h3-11,14-15,26H,12-13H2,1-2H3. The Labute approximate surface area is 158 Å². The molecule has 1 heterocycles. The maximum atomic E-state index is 13.9. The van der Waals surface area contributed by atoms with Gasteiger partial charge in [-0.15, -0.1) is 0 Å². The van der Waals surface area contributed by atoms with E-state index in [0.717, 1.165) is 35.5 Å². The maximum Gasteiger partial charge on any atom is 0.125 e. The molecule has 4 rings (SSSR count). The summed E-state index contributed by atoms with van der Waals surface area (Å²) < 4.78 is 19.3. The van der Waals surface area contributed by atoms with E-state index in [2.05, 4.69) is 24.0 Å². The number of anilines is 1. The van der Waals surface area contributed by atoms with E-state index in [-0.39, 0.29) is 11.6 Å². The SMILES string of the molecule is COc1ccc2c(c1)CCN(c1cccc(F)c1)C2(C)c1ccc(O)cc1. The van der Waals surface area contributed by atoms with Gasteiger partial charge in [-0.25, -0.2) is 4.39 Å². The monoisotopic (exact) mass is 363 g/mol. The second-order valence-corrected chi connectivity index (χ2v) is 7.02. The molecule has 0 fully saturated rings. The highest BCUT2D eigenvalue weighted by atomic mass is 19.1. The Morgan fingerprint density at radius 2 is 1.81 bits per heavy atom. The van der Waals surface area contributed by atoms with Gasteiger partial charge in [0.15, 0.2) is 0 Å². The van der Waals surface area contributed by atoms with Crippen LogP contribution in [0.2, 0.25) is 0 Å². The van der Waals surface area contributed by atoms with Gasteiger partial charge in [0.05, 0.1) is 12.6 Å². The molecular formula is C23H22FNO2. The number of phenols is 1. The van der Waals surface area contributed by atoms with Gasteiger partial charge in [0.2, 0.25) is 0 Å². The number of halogens is 1. The number of hydrogen-bond acceptors (Lipinski definition) is 3. The van der Waals surface area contributed by atoms with Crippen molar-refractivity contribution in [3.05, 3.63) is 89.2 Å². The Morgan fingerprint density at radius 3 is 2.52 bits per heavy atom. The van der Waals surface area contributed by atoms with Crippen molar-refractivity contribution in [1.29, 1.82) is 0 Å². The van der Waals surface area contributed by atoms with Crippen molar-refractivity contribution < 1.29 is 14.2 Å². The predicted molar refractivity (Wildman–Crippen MR) is 105 cm³/mol. The molecule has 0 aromatic heterocycles. The second kappa shape index (κ2) is 6.62. The number of benzene rings is 3. The Kier molecular flexibility index (Phi) is 4.27. The Bertz CT molecular complexity index is 970. The molecule has 138 valence electrons. The fraction of sp³-hybridized carbons (Fsp3) is 0.217. The van der Waals surface area contributed by atoms with Crippen molar-refractivity contribution >= 4 is 5.69 Å². The summed E-state index contributed by atoms with van der Waals surface area (Å²) in [7, 11) is 1.67. The molecule has 3 aromatic rings. The second-order valence-electron chi connectivity index (χ2n) is 7.02. The van der Waals surface area contributed by atoms with Crippen LogP contribution in [0.25, 0.3) is 0 Å². The van der Waals surface area contributed by atoms with Crippen molar-refractivity contribution in [2.24, 2.45) is 0 Å². The average Bonchev–Trinajstić information content (AvgIpc) is 2.68. The largest absolute Gasteiger partial charge is 0.508 e. The fourth-order valence-corrected chi connectivity index (χ4v) is 4.11. The smallest absolute Gasteiger partial charge is 0.125 e. The summed E-state index contributed by atoms with van der Waals surface area (Å²) in [6.45, 7) is 2.90. The van der Waals surface area contributed by atoms with E-state index in [1.54, 1.807) is 31.4 Å². The third-order valence-corrected chi connectivity index (χ3v) is 5.53. The summed E-state index contributed by atoms with van der Waals surface area (Å²) in [6, 6.07) is 20.1. The lowest BCUT2D eigenvalue weighted by atomic mass is 9.76. The lowest BCUT2D eigenvalue weighted by molar-refractivity contribution is 0.411. The van der Waals surface area contributed by atoms with E-state index in [9.17, 15) is 9.50 Å². The van der Waals surface area contributed by atoms with Crippen molar-refractivity contribution in [2.75, 3.05) is 18.6 Å². The van der Waals surface area contributed by atoms with Crippen molar-refractivity contribution in [3.63, 3.8) is 0 Å². The van der Waals surface area contributed by atoms with Gasteiger partial charge >= 0.3 is 0 Å². The number of ether oxygens (including phenoxy) is 1. The van der Waals surface area contributed by atoms with Gasteiger partial charge in [0.1, 0.15) is 17.3 Å². The Morgan fingerprint density at radius 1 is 1.04 bits per heavy atom. The topological polar surface area (TPSA) is 32.7 Å². The molecule has 27 heavy (non-hydrogen) atoms. The van der Waals surface area contributed by atoms with Crippen LogP contribution in [0.3, 0.4) is 0 Å². The molecule has 1 atom stereocenters. The van der Waals surface area contributed by atoms with Crippen LogP contribution in [0.4, 0.5) is 10.1 Å². The van der Waals surface area contributed by atoms with Gasteiger partial charge in [-0.1, -0.05) is 24.3 Å². The number of hydrogen-bond donors (Lipinski definition) is 1. The summed E-state index contributed by atoms with van der Waals surface area (Å²) >= 11 is 0. The maximum absolute atomic E-state index is 13.9. The number of methoxy groups -OCH3 is 1. The fourth-order valence-electron chi connectivity index (χ4n) is 4.11. The highest BCUT2D eigenvalue weighted by Crippen LogP contribution is 2.44. The first-order valence-electron chi connectivity index (χ1n) is 9.02. The number of nitrogens with zero attached hydrogens (tertiary/aromatic N) is 1. The van der Waals surface area contributed by atoms with Gasteiger partial charge < -0.3 is 14.7 Å². The summed E-state index contributed by atoms with van der Waals surface area (Å²) in [6.07, 6.45) is 0.844. The quantitative estimate of drug-likeness (QED) is 0.721. The van der Waals surface area contributed by atoms with E-state index in [1.165, 1.54) is 11.6 Å². The number of fused-ring (bicyclic) bond motifs is 1. The summed E-state index contributed by atoms with van der Waals surface area (Å²) in [5.74, 6) is 0.813. The Balaban J connectivity index is 1.93. The molecule has 0 aliphatic carbocycles. The predicted octanol–water partition coefficient (Wildman–Crippen LogP) is 4.87.